The summed E-state index contributed by atoms with van der Waals surface area (Å²) in [5.74, 6) is -2.43. The number of allylic oxidation sites excluding steroid dienone is 1. The Morgan fingerprint density at radius 2 is 1.23 bits per heavy atom. The number of methoxy groups -OCH3 is 2. The van der Waals surface area contributed by atoms with Crippen LogP contribution < -0.4 is 0 Å². The van der Waals surface area contributed by atoms with Crippen LogP contribution in [-0.4, -0.2) is 46.7 Å². The zero-order valence-electron chi connectivity index (χ0n) is 11.2. The summed E-state index contributed by atoms with van der Waals surface area (Å²) in [6, 6.07) is 0. The number of carbonyl (C=O) groups excluding carboxylic acids is 3. The van der Waals surface area contributed by atoms with E-state index in [0.29, 0.717) is 6.08 Å². The number of rotatable bonds is 4. The van der Waals surface area contributed by atoms with Gasteiger partial charge in [0.05, 0.1) is 14.2 Å². The molecule has 0 radical (unpaired) electrons. The van der Waals surface area contributed by atoms with Crippen LogP contribution in [0, 0.1) is 0 Å². The lowest BCUT2D eigenvalue weighted by Crippen LogP contribution is -1.96. The Hall–Kier alpha value is -1.42. The molecule has 0 saturated heterocycles. The Kier molecular flexibility index (Phi) is 20.5. The fraction of sp³-hybridized carbons (Fsp3) is 0.200. The minimum atomic E-state index is -1.67. The molecule has 0 fully saturated rings. The number of aliphatic carboxylic acids is 1. The Bertz CT molecular complexity index is 421. The van der Waals surface area contributed by atoms with E-state index < -0.39 is 32.4 Å². The van der Waals surface area contributed by atoms with E-state index in [1.165, 1.54) is 14.2 Å². The lowest BCUT2D eigenvalue weighted by Gasteiger charge is -1.85. The summed E-state index contributed by atoms with van der Waals surface area (Å²) < 4.78 is 17.4. The molecule has 8 nitrogen and oxygen atoms in total. The first kappa shape index (κ1) is 25.5. The fourth-order valence-corrected chi connectivity index (χ4v) is 0.472. The maximum absolute atomic E-state index is 10.2. The summed E-state index contributed by atoms with van der Waals surface area (Å²) in [6.07, 6.45) is 3.43. The topological polar surface area (TPSA) is 124 Å². The van der Waals surface area contributed by atoms with Crippen LogP contribution in [0.25, 0.3) is 0 Å². The average Bonchev–Trinajstić information content (AvgIpc) is 2.41. The summed E-state index contributed by atoms with van der Waals surface area (Å²) >= 11 is 4.85. The van der Waals surface area contributed by atoms with Crippen LogP contribution >= 0.6 is 33.0 Å². The largest absolute Gasteiger partial charge is 0.478 e. The van der Waals surface area contributed by atoms with E-state index in [1.54, 1.807) is 0 Å². The van der Waals surface area contributed by atoms with Gasteiger partial charge in [-0.2, -0.15) is 0 Å². The van der Waals surface area contributed by atoms with Gasteiger partial charge in [0.2, 0.25) is 14.5 Å². The number of carbonyl (C=O) groups is 4. The van der Waals surface area contributed by atoms with Crippen molar-refractivity contribution in [2.24, 2.45) is 0 Å². The maximum atomic E-state index is 10.2. The van der Waals surface area contributed by atoms with Gasteiger partial charge in [0.1, 0.15) is 0 Å². The summed E-state index contributed by atoms with van der Waals surface area (Å²) in [5, 5.41) is 7.27. The van der Waals surface area contributed by atoms with Gasteiger partial charge in [0.15, 0.2) is 0 Å². The molecule has 0 saturated carbocycles. The number of hydrogen-bond donors (Lipinski definition) is 1. The Morgan fingerprint density at radius 3 is 1.45 bits per heavy atom. The van der Waals surface area contributed by atoms with E-state index in [2.05, 4.69) is 30.8 Å². The fourth-order valence-electron chi connectivity index (χ4n) is 0.409. The van der Waals surface area contributed by atoms with Gasteiger partial charge in [-0.25, -0.2) is 18.6 Å². The molecule has 22 heavy (non-hydrogen) atoms. The maximum Gasteiger partial charge on any atom is 0.330 e. The smallest absolute Gasteiger partial charge is 0.330 e. The minimum absolute atomic E-state index is 0.594. The molecule has 0 aromatic carbocycles. The normalized spacial score (nSPS) is 9.36. The van der Waals surface area contributed by atoms with E-state index in [0.717, 1.165) is 18.2 Å². The molecular weight excluding hydrogens is 387 g/mol. The van der Waals surface area contributed by atoms with Gasteiger partial charge in [0.25, 0.3) is 0 Å². The molecule has 0 aliphatic heterocycles. The Morgan fingerprint density at radius 1 is 0.909 bits per heavy atom. The van der Waals surface area contributed by atoms with Crippen molar-refractivity contribution in [3.05, 3.63) is 24.3 Å². The van der Waals surface area contributed by atoms with Crippen molar-refractivity contribution in [3.63, 3.8) is 0 Å². The number of halogens is 3. The van der Waals surface area contributed by atoms with Crippen LogP contribution in [-0.2, 0) is 37.9 Å². The average molecular weight is 398 g/mol. The highest BCUT2D eigenvalue weighted by molar-refractivity contribution is 8.26. The van der Waals surface area contributed by atoms with Crippen molar-refractivity contribution in [2.45, 2.75) is 0 Å². The van der Waals surface area contributed by atoms with Crippen molar-refractivity contribution >= 4 is 65.3 Å². The van der Waals surface area contributed by atoms with Gasteiger partial charge in [-0.1, -0.05) is 0 Å². The monoisotopic (exact) mass is 396 g/mol. The predicted octanol–water partition coefficient (Wildman–Crippen LogP) is 1.32. The SMILES string of the molecule is COC(=O)/C=C/C(=O)Cl.COC(=O)/C=C/C(=O)O.O=S(Cl)Cl. The quantitative estimate of drug-likeness (QED) is 0.428. The summed E-state index contributed by atoms with van der Waals surface area (Å²) in [6.45, 7) is 0. The van der Waals surface area contributed by atoms with Crippen LogP contribution in [0.2, 0.25) is 0 Å². The molecule has 0 atom stereocenters. The van der Waals surface area contributed by atoms with Crippen molar-refractivity contribution in [1.29, 1.82) is 0 Å². The second kappa shape index (κ2) is 17.6. The Labute approximate surface area is 142 Å². The van der Waals surface area contributed by atoms with Crippen molar-refractivity contribution in [3.8, 4) is 0 Å². The second-order valence-electron chi connectivity index (χ2n) is 2.54. The standard InChI is InChI=1S/C5H5ClO3.C5H6O4.Cl2OS/c2*1-9-5(8)3-2-4(6)7;1-4(2)3/h2-3H,1H3;2-3H,1H3,(H,6,7);/b2*3-2+;. The first-order valence-electron chi connectivity index (χ1n) is 4.75. The summed E-state index contributed by atoms with van der Waals surface area (Å²) in [4.78, 5) is 40.0. The molecule has 1 N–H and O–H groups in total. The number of carboxylic acid groups (broad SMARTS) is 1. The molecule has 0 aromatic rings. The third kappa shape index (κ3) is 36.3. The molecule has 126 valence electrons. The molecule has 0 bridgehead atoms. The second-order valence-corrected chi connectivity index (χ2v) is 5.44. The molecule has 0 aliphatic rings. The van der Waals surface area contributed by atoms with E-state index in [-0.39, 0.29) is 0 Å². The molecule has 0 spiro atoms. The molecular formula is C10H11Cl3O8S. The van der Waals surface area contributed by atoms with Crippen LogP contribution in [0.1, 0.15) is 0 Å². The highest BCUT2D eigenvalue weighted by Gasteiger charge is 1.92. The number of hydrogen-bond acceptors (Lipinski definition) is 7. The molecule has 12 heteroatoms. The highest BCUT2D eigenvalue weighted by Crippen LogP contribution is 1.89. The van der Waals surface area contributed by atoms with Gasteiger partial charge in [-0.3, -0.25) is 4.79 Å². The van der Waals surface area contributed by atoms with E-state index in [1.807, 2.05) is 0 Å². The van der Waals surface area contributed by atoms with Crippen LogP contribution in [0.4, 0.5) is 0 Å². The highest BCUT2D eigenvalue weighted by atomic mass is 36.0. The van der Waals surface area contributed by atoms with Crippen molar-refractivity contribution < 1.29 is 38.0 Å². The van der Waals surface area contributed by atoms with Crippen LogP contribution in [0.15, 0.2) is 24.3 Å². The van der Waals surface area contributed by atoms with Gasteiger partial charge in [-0.15, -0.1) is 0 Å². The molecule has 0 amide bonds. The summed E-state index contributed by atoms with van der Waals surface area (Å²) in [5.41, 5.74) is 0. The molecule has 0 unspecified atom stereocenters. The van der Waals surface area contributed by atoms with Gasteiger partial charge in [-0.05, 0) is 11.6 Å². The molecule has 0 aromatic heterocycles. The van der Waals surface area contributed by atoms with Crippen molar-refractivity contribution in [1.82, 2.24) is 0 Å². The Balaban J connectivity index is -0.000000266. The predicted molar refractivity (Wildman–Crippen MR) is 80.7 cm³/mol. The third-order valence-corrected chi connectivity index (χ3v) is 1.24. The van der Waals surface area contributed by atoms with E-state index >= 15 is 0 Å². The number of ether oxygens (including phenoxy) is 2. The molecule has 0 rings (SSSR count). The lowest BCUT2D eigenvalue weighted by molar-refractivity contribution is -0.136. The van der Waals surface area contributed by atoms with Crippen LogP contribution in [0.3, 0.4) is 0 Å². The number of esters is 2. The van der Waals surface area contributed by atoms with Gasteiger partial charge < -0.3 is 14.6 Å². The van der Waals surface area contributed by atoms with Crippen molar-refractivity contribution in [2.75, 3.05) is 14.2 Å². The minimum Gasteiger partial charge on any atom is -0.478 e. The van der Waals surface area contributed by atoms with E-state index in [4.69, 9.17) is 20.9 Å². The number of carboxylic acids is 1. The van der Waals surface area contributed by atoms with E-state index in [9.17, 15) is 19.2 Å². The van der Waals surface area contributed by atoms with Gasteiger partial charge >= 0.3 is 17.9 Å². The lowest BCUT2D eigenvalue weighted by atomic mass is 10.5. The van der Waals surface area contributed by atoms with Crippen LogP contribution in [0.5, 0.6) is 0 Å². The molecule has 0 heterocycles. The third-order valence-electron chi connectivity index (χ3n) is 1.11. The zero-order chi connectivity index (χ0) is 18.1. The first-order valence-corrected chi connectivity index (χ1v) is 7.93. The summed E-state index contributed by atoms with van der Waals surface area (Å²) in [7, 11) is 9.75. The molecule has 0 aliphatic carbocycles. The zero-order valence-corrected chi connectivity index (χ0v) is 14.2. The first-order chi connectivity index (χ1) is 10.1. The van der Waals surface area contributed by atoms with Gasteiger partial charge in [0, 0.05) is 45.7 Å².